The molecule has 2 fully saturated rings. The first-order valence-corrected chi connectivity index (χ1v) is 9.19. The Morgan fingerprint density at radius 2 is 2.13 bits per heavy atom. The first-order chi connectivity index (χ1) is 11.2. The summed E-state index contributed by atoms with van der Waals surface area (Å²) in [5.74, 6) is -1.11. The maximum atomic E-state index is 14.1. The van der Waals surface area contributed by atoms with Gasteiger partial charge in [-0.1, -0.05) is 22.0 Å². The van der Waals surface area contributed by atoms with Gasteiger partial charge in [-0.05, 0) is 31.7 Å². The van der Waals surface area contributed by atoms with Gasteiger partial charge in [0.05, 0.1) is 18.8 Å². The van der Waals surface area contributed by atoms with E-state index < -0.39 is 17.7 Å². The van der Waals surface area contributed by atoms with Crippen molar-refractivity contribution >= 4 is 15.9 Å². The van der Waals surface area contributed by atoms with Crippen molar-refractivity contribution in [2.75, 3.05) is 18.5 Å². The summed E-state index contributed by atoms with van der Waals surface area (Å²) >= 11 is 3.42. The minimum Gasteiger partial charge on any atom is -0.369 e. The van der Waals surface area contributed by atoms with Gasteiger partial charge in [0.1, 0.15) is 11.6 Å². The van der Waals surface area contributed by atoms with E-state index in [1.165, 1.54) is 12.1 Å². The van der Waals surface area contributed by atoms with Crippen LogP contribution < -0.4 is 0 Å². The Morgan fingerprint density at radius 1 is 1.26 bits per heavy atom. The minimum absolute atomic E-state index is 0.00493. The van der Waals surface area contributed by atoms with Crippen LogP contribution in [0.3, 0.4) is 0 Å². The van der Waals surface area contributed by atoms with Crippen molar-refractivity contribution in [3.63, 3.8) is 0 Å². The lowest BCUT2D eigenvalue weighted by Crippen LogP contribution is -2.26. The van der Waals surface area contributed by atoms with E-state index in [1.807, 2.05) is 0 Å². The molecule has 2 heterocycles. The monoisotopic (exact) mass is 390 g/mol. The molecule has 2 aliphatic rings. The maximum Gasteiger partial charge on any atom is 0.157 e. The molecule has 2 saturated heterocycles. The largest absolute Gasteiger partial charge is 0.369 e. The molecule has 0 N–H and O–H groups in total. The zero-order valence-electron chi connectivity index (χ0n) is 12.8. The zero-order chi connectivity index (χ0) is 16.2. The van der Waals surface area contributed by atoms with Crippen molar-refractivity contribution in [3.8, 4) is 0 Å². The molecular weight excluding hydrogens is 370 g/mol. The van der Waals surface area contributed by atoms with E-state index in [9.17, 15) is 8.78 Å². The second kappa shape index (κ2) is 8.01. The lowest BCUT2D eigenvalue weighted by Gasteiger charge is -2.26. The average Bonchev–Trinajstić information content (AvgIpc) is 2.97. The third-order valence-electron chi connectivity index (χ3n) is 4.41. The summed E-state index contributed by atoms with van der Waals surface area (Å²) in [5, 5.41) is 0.683. The predicted octanol–water partition coefficient (Wildman–Crippen LogP) is 4.35. The highest BCUT2D eigenvalue weighted by atomic mass is 79.9. The Hall–Kier alpha value is -0.560. The van der Waals surface area contributed by atoms with Gasteiger partial charge in [-0.15, -0.1) is 0 Å². The Bertz CT molecular complexity index is 523. The van der Waals surface area contributed by atoms with E-state index in [4.69, 9.17) is 14.2 Å². The molecule has 0 aromatic heterocycles. The molecule has 0 spiro atoms. The van der Waals surface area contributed by atoms with E-state index in [1.54, 1.807) is 0 Å². The summed E-state index contributed by atoms with van der Waals surface area (Å²) in [7, 11) is 0. The second-order valence-electron chi connectivity index (χ2n) is 6.12. The summed E-state index contributed by atoms with van der Waals surface area (Å²) in [4.78, 5) is 0. The Balaban J connectivity index is 1.68. The number of hydrogen-bond acceptors (Lipinski definition) is 3. The third kappa shape index (κ3) is 4.29. The van der Waals surface area contributed by atoms with Crippen LogP contribution >= 0.6 is 15.9 Å². The van der Waals surface area contributed by atoms with Crippen LogP contribution in [-0.2, 0) is 14.2 Å². The van der Waals surface area contributed by atoms with Gasteiger partial charge < -0.3 is 14.2 Å². The van der Waals surface area contributed by atoms with Gasteiger partial charge in [0.25, 0.3) is 0 Å². The molecule has 4 unspecified atom stereocenters. The van der Waals surface area contributed by atoms with Crippen molar-refractivity contribution < 1.29 is 23.0 Å². The van der Waals surface area contributed by atoms with Gasteiger partial charge in [0.2, 0.25) is 0 Å². The molecule has 6 heteroatoms. The van der Waals surface area contributed by atoms with Crippen LogP contribution in [0.1, 0.15) is 37.4 Å². The molecule has 0 radical (unpaired) electrons. The molecule has 2 aliphatic heterocycles. The fourth-order valence-corrected chi connectivity index (χ4v) is 3.64. The molecular formula is C17H21BrF2O3. The number of benzene rings is 1. The van der Waals surface area contributed by atoms with E-state index in [0.717, 1.165) is 38.4 Å². The van der Waals surface area contributed by atoms with Gasteiger partial charge >= 0.3 is 0 Å². The van der Waals surface area contributed by atoms with Crippen molar-refractivity contribution in [3.05, 3.63) is 35.4 Å². The quantitative estimate of drug-likeness (QED) is 0.699. The first kappa shape index (κ1) is 17.3. The summed E-state index contributed by atoms with van der Waals surface area (Å²) in [6.07, 6.45) is 3.26. The highest BCUT2D eigenvalue weighted by Crippen LogP contribution is 2.40. The van der Waals surface area contributed by atoms with Crippen LogP contribution in [0.2, 0.25) is 0 Å². The van der Waals surface area contributed by atoms with Gasteiger partial charge in [-0.3, -0.25) is 0 Å². The number of hydrogen-bond donors (Lipinski definition) is 0. The third-order valence-corrected chi connectivity index (χ3v) is 5.13. The van der Waals surface area contributed by atoms with Gasteiger partial charge in [-0.2, -0.15) is 0 Å². The van der Waals surface area contributed by atoms with Gasteiger partial charge in [0, 0.05) is 29.5 Å². The minimum atomic E-state index is -0.579. The normalized spacial score (nSPS) is 31.4. The van der Waals surface area contributed by atoms with Crippen molar-refractivity contribution in [2.24, 2.45) is 5.92 Å². The van der Waals surface area contributed by atoms with E-state index >= 15 is 0 Å². The Kier molecular flexibility index (Phi) is 6.01. The van der Waals surface area contributed by atoms with Gasteiger partial charge in [-0.25, -0.2) is 8.78 Å². The van der Waals surface area contributed by atoms with Crippen LogP contribution in [0.5, 0.6) is 0 Å². The lowest BCUT2D eigenvalue weighted by atomic mass is 9.94. The molecule has 0 amide bonds. The van der Waals surface area contributed by atoms with E-state index in [0.29, 0.717) is 17.5 Å². The predicted molar refractivity (Wildman–Crippen MR) is 85.4 cm³/mol. The van der Waals surface area contributed by atoms with E-state index in [2.05, 4.69) is 15.9 Å². The number of halogens is 3. The molecule has 1 aromatic carbocycles. The lowest BCUT2D eigenvalue weighted by molar-refractivity contribution is -0.171. The summed E-state index contributed by atoms with van der Waals surface area (Å²) in [6, 6.07) is 3.64. The standard InChI is InChI=1S/C17H21BrF2O3/c18-9-13-7-11(10-22-16-3-1-2-6-21-16)17(23-13)14-5-4-12(19)8-15(14)20/h4-5,8,11,13,16-17H,1-3,6-7,9-10H2. The highest BCUT2D eigenvalue weighted by Gasteiger charge is 2.37. The molecule has 4 atom stereocenters. The summed E-state index contributed by atoms with van der Waals surface area (Å²) < 4.78 is 44.6. The molecule has 23 heavy (non-hydrogen) atoms. The smallest absolute Gasteiger partial charge is 0.157 e. The highest BCUT2D eigenvalue weighted by molar-refractivity contribution is 9.09. The fraction of sp³-hybridized carbons (Fsp3) is 0.647. The van der Waals surface area contributed by atoms with Crippen LogP contribution in [0.15, 0.2) is 18.2 Å². The van der Waals surface area contributed by atoms with Crippen LogP contribution in [0.4, 0.5) is 8.78 Å². The molecule has 3 rings (SSSR count). The summed E-state index contributed by atoms with van der Waals surface area (Å²) in [6.45, 7) is 1.18. The molecule has 0 bridgehead atoms. The molecule has 128 valence electrons. The molecule has 1 aromatic rings. The van der Waals surface area contributed by atoms with Crippen molar-refractivity contribution in [1.82, 2.24) is 0 Å². The Morgan fingerprint density at radius 3 is 2.83 bits per heavy atom. The number of rotatable bonds is 5. The van der Waals surface area contributed by atoms with E-state index in [-0.39, 0.29) is 18.3 Å². The Labute approximate surface area is 143 Å². The topological polar surface area (TPSA) is 27.7 Å². The van der Waals surface area contributed by atoms with Crippen molar-refractivity contribution in [1.29, 1.82) is 0 Å². The SMILES string of the molecule is Fc1ccc(C2OC(CBr)CC2COC2CCCCO2)c(F)c1. The fourth-order valence-electron chi connectivity index (χ4n) is 3.22. The molecule has 0 saturated carbocycles. The second-order valence-corrected chi connectivity index (χ2v) is 6.77. The number of ether oxygens (including phenoxy) is 3. The average molecular weight is 391 g/mol. The van der Waals surface area contributed by atoms with Crippen LogP contribution in [-0.4, -0.2) is 30.9 Å². The van der Waals surface area contributed by atoms with Gasteiger partial charge in [0.15, 0.2) is 6.29 Å². The molecule has 3 nitrogen and oxygen atoms in total. The van der Waals surface area contributed by atoms with Crippen LogP contribution in [0.25, 0.3) is 0 Å². The number of alkyl halides is 1. The van der Waals surface area contributed by atoms with Crippen LogP contribution in [0, 0.1) is 17.6 Å². The zero-order valence-corrected chi connectivity index (χ0v) is 14.4. The molecule has 0 aliphatic carbocycles. The van der Waals surface area contributed by atoms with Crippen molar-refractivity contribution in [2.45, 2.75) is 44.2 Å². The first-order valence-electron chi connectivity index (χ1n) is 8.07. The maximum absolute atomic E-state index is 14.1. The summed E-state index contributed by atoms with van der Waals surface area (Å²) in [5.41, 5.74) is 0.396.